The van der Waals surface area contributed by atoms with Crippen LogP contribution >= 0.6 is 0 Å². The molecule has 10 heavy (non-hydrogen) atoms. The SMILES string of the molecule is CC(O)(OCCO)C(O)O. The van der Waals surface area contributed by atoms with Gasteiger partial charge >= 0.3 is 0 Å². The van der Waals surface area contributed by atoms with Crippen molar-refractivity contribution in [1.82, 2.24) is 0 Å². The average molecular weight is 152 g/mol. The summed E-state index contributed by atoms with van der Waals surface area (Å²) in [5.41, 5.74) is 0. The summed E-state index contributed by atoms with van der Waals surface area (Å²) in [5.74, 6) is -2.00. The lowest BCUT2D eigenvalue weighted by atomic mass is 10.3. The summed E-state index contributed by atoms with van der Waals surface area (Å²) in [4.78, 5) is 0. The van der Waals surface area contributed by atoms with E-state index in [1.807, 2.05) is 0 Å². The summed E-state index contributed by atoms with van der Waals surface area (Å²) < 4.78 is 4.45. The van der Waals surface area contributed by atoms with E-state index in [2.05, 4.69) is 4.74 Å². The largest absolute Gasteiger partial charge is 0.394 e. The van der Waals surface area contributed by atoms with E-state index >= 15 is 0 Å². The van der Waals surface area contributed by atoms with Crippen LogP contribution in [0.1, 0.15) is 6.92 Å². The topological polar surface area (TPSA) is 90.2 Å². The van der Waals surface area contributed by atoms with Crippen LogP contribution in [-0.4, -0.2) is 45.7 Å². The second kappa shape index (κ2) is 3.85. The van der Waals surface area contributed by atoms with Crippen LogP contribution in [0.5, 0.6) is 0 Å². The van der Waals surface area contributed by atoms with Crippen LogP contribution in [0, 0.1) is 0 Å². The molecular weight excluding hydrogens is 140 g/mol. The molecule has 0 aliphatic heterocycles. The zero-order valence-corrected chi connectivity index (χ0v) is 5.69. The molecule has 0 heterocycles. The Morgan fingerprint density at radius 1 is 1.50 bits per heavy atom. The molecule has 0 radical (unpaired) electrons. The van der Waals surface area contributed by atoms with Gasteiger partial charge in [-0.3, -0.25) is 0 Å². The van der Waals surface area contributed by atoms with Crippen molar-refractivity contribution in [3.8, 4) is 0 Å². The first kappa shape index (κ1) is 9.80. The van der Waals surface area contributed by atoms with Crippen molar-refractivity contribution in [2.24, 2.45) is 0 Å². The van der Waals surface area contributed by atoms with Gasteiger partial charge in [0, 0.05) is 0 Å². The van der Waals surface area contributed by atoms with Crippen LogP contribution in [0.4, 0.5) is 0 Å². The molecule has 0 saturated heterocycles. The zero-order chi connectivity index (χ0) is 8.20. The highest BCUT2D eigenvalue weighted by molar-refractivity contribution is 4.60. The average Bonchev–Trinajstić information content (AvgIpc) is 1.84. The third kappa shape index (κ3) is 3.09. The highest BCUT2D eigenvalue weighted by Crippen LogP contribution is 2.08. The second-order valence-corrected chi connectivity index (χ2v) is 2.00. The smallest absolute Gasteiger partial charge is 0.214 e. The monoisotopic (exact) mass is 152 g/mol. The van der Waals surface area contributed by atoms with Crippen LogP contribution in [-0.2, 0) is 4.74 Å². The Morgan fingerprint density at radius 3 is 2.30 bits per heavy atom. The van der Waals surface area contributed by atoms with Crippen molar-refractivity contribution in [2.75, 3.05) is 13.2 Å². The molecule has 0 saturated carbocycles. The van der Waals surface area contributed by atoms with E-state index in [-0.39, 0.29) is 13.2 Å². The number of rotatable bonds is 4. The molecule has 1 unspecified atom stereocenters. The highest BCUT2D eigenvalue weighted by atomic mass is 16.7. The highest BCUT2D eigenvalue weighted by Gasteiger charge is 2.29. The molecule has 0 aliphatic carbocycles. The molecule has 0 aromatic rings. The minimum atomic E-state index is -2.00. The Labute approximate surface area is 58.5 Å². The summed E-state index contributed by atoms with van der Waals surface area (Å²) in [7, 11) is 0. The molecule has 62 valence electrons. The summed E-state index contributed by atoms with van der Waals surface area (Å²) in [5, 5.41) is 33.9. The maximum atomic E-state index is 8.89. The first-order valence-corrected chi connectivity index (χ1v) is 2.84. The van der Waals surface area contributed by atoms with Crippen molar-refractivity contribution < 1.29 is 25.2 Å². The van der Waals surface area contributed by atoms with Gasteiger partial charge in [0.05, 0.1) is 13.2 Å². The van der Waals surface area contributed by atoms with Crippen molar-refractivity contribution >= 4 is 0 Å². The van der Waals surface area contributed by atoms with Gasteiger partial charge in [-0.25, -0.2) is 0 Å². The van der Waals surface area contributed by atoms with Gasteiger partial charge in [-0.05, 0) is 6.92 Å². The van der Waals surface area contributed by atoms with Gasteiger partial charge in [0.2, 0.25) is 12.1 Å². The zero-order valence-electron chi connectivity index (χ0n) is 5.69. The Morgan fingerprint density at radius 2 is 2.00 bits per heavy atom. The van der Waals surface area contributed by atoms with Gasteiger partial charge in [-0.2, -0.15) is 0 Å². The predicted octanol–water partition coefficient (Wildman–Crippen LogP) is -1.99. The standard InChI is InChI=1S/C5H12O5/c1-5(9,4(7)8)10-3-2-6/h4,6-9H,2-3H2,1H3. The van der Waals surface area contributed by atoms with E-state index in [0.717, 1.165) is 6.92 Å². The lowest BCUT2D eigenvalue weighted by molar-refractivity contribution is -0.302. The molecule has 0 aliphatic rings. The van der Waals surface area contributed by atoms with E-state index in [1.165, 1.54) is 0 Å². The van der Waals surface area contributed by atoms with Gasteiger partial charge in [-0.1, -0.05) is 0 Å². The fourth-order valence-corrected chi connectivity index (χ4v) is 0.327. The van der Waals surface area contributed by atoms with Crippen molar-refractivity contribution in [2.45, 2.75) is 19.0 Å². The van der Waals surface area contributed by atoms with Crippen molar-refractivity contribution in [3.05, 3.63) is 0 Å². The molecule has 0 aromatic heterocycles. The molecule has 5 heteroatoms. The van der Waals surface area contributed by atoms with Gasteiger partial charge < -0.3 is 25.2 Å². The van der Waals surface area contributed by atoms with Crippen LogP contribution in [0.2, 0.25) is 0 Å². The van der Waals surface area contributed by atoms with Crippen molar-refractivity contribution in [3.63, 3.8) is 0 Å². The van der Waals surface area contributed by atoms with Gasteiger partial charge in [0.15, 0.2) is 0 Å². The fourth-order valence-electron chi connectivity index (χ4n) is 0.327. The first-order chi connectivity index (χ1) is 4.50. The number of aliphatic hydroxyl groups excluding tert-OH is 2. The van der Waals surface area contributed by atoms with Crippen LogP contribution in [0.15, 0.2) is 0 Å². The summed E-state index contributed by atoms with van der Waals surface area (Å²) in [6, 6.07) is 0. The molecule has 0 bridgehead atoms. The Bertz CT molecular complexity index is 90.0. The van der Waals surface area contributed by atoms with Gasteiger partial charge in [-0.15, -0.1) is 0 Å². The third-order valence-electron chi connectivity index (χ3n) is 0.965. The first-order valence-electron chi connectivity index (χ1n) is 2.84. The minimum absolute atomic E-state index is 0.134. The fraction of sp³-hybridized carbons (Fsp3) is 1.00. The van der Waals surface area contributed by atoms with Crippen LogP contribution < -0.4 is 0 Å². The molecule has 0 fully saturated rings. The number of hydrogen-bond acceptors (Lipinski definition) is 5. The van der Waals surface area contributed by atoms with E-state index < -0.39 is 12.1 Å². The maximum Gasteiger partial charge on any atom is 0.214 e. The van der Waals surface area contributed by atoms with E-state index in [9.17, 15) is 0 Å². The molecule has 0 spiro atoms. The second-order valence-electron chi connectivity index (χ2n) is 2.00. The lowest BCUT2D eigenvalue weighted by Crippen LogP contribution is -2.42. The molecule has 1 atom stereocenters. The predicted molar refractivity (Wildman–Crippen MR) is 31.9 cm³/mol. The molecule has 5 nitrogen and oxygen atoms in total. The number of ether oxygens (including phenoxy) is 1. The summed E-state index contributed by atoms with van der Waals surface area (Å²) in [6.07, 6.45) is -1.96. The van der Waals surface area contributed by atoms with Gasteiger partial charge in [0.25, 0.3) is 0 Å². The summed E-state index contributed by atoms with van der Waals surface area (Å²) >= 11 is 0. The Kier molecular flexibility index (Phi) is 3.77. The molecule has 0 rings (SSSR count). The van der Waals surface area contributed by atoms with E-state index in [1.54, 1.807) is 0 Å². The molecule has 0 aromatic carbocycles. The lowest BCUT2D eigenvalue weighted by Gasteiger charge is -2.24. The maximum absolute atomic E-state index is 8.89. The normalized spacial score (nSPS) is 17.4. The van der Waals surface area contributed by atoms with E-state index in [4.69, 9.17) is 20.4 Å². The number of hydrogen-bond donors (Lipinski definition) is 4. The van der Waals surface area contributed by atoms with E-state index in [0.29, 0.717) is 0 Å². The van der Waals surface area contributed by atoms with Crippen LogP contribution in [0.25, 0.3) is 0 Å². The minimum Gasteiger partial charge on any atom is -0.394 e. The van der Waals surface area contributed by atoms with Gasteiger partial charge in [0.1, 0.15) is 0 Å². The number of aliphatic hydroxyl groups is 4. The summed E-state index contributed by atoms with van der Waals surface area (Å²) in [6.45, 7) is 0.681. The molecule has 4 N–H and O–H groups in total. The molecular formula is C5H12O5. The Balaban J connectivity index is 3.63. The third-order valence-corrected chi connectivity index (χ3v) is 0.965. The quantitative estimate of drug-likeness (QED) is 0.350. The van der Waals surface area contributed by atoms with Crippen LogP contribution in [0.3, 0.4) is 0 Å². The Hall–Kier alpha value is -0.200. The molecule has 0 amide bonds. The van der Waals surface area contributed by atoms with Crippen molar-refractivity contribution in [1.29, 1.82) is 0 Å².